The Morgan fingerprint density at radius 2 is 1.15 bits per heavy atom. The van der Waals surface area contributed by atoms with E-state index < -0.39 is 12.7 Å². The molecule has 4 heteroatoms. The summed E-state index contributed by atoms with van der Waals surface area (Å²) in [5.41, 5.74) is -0.759. The van der Waals surface area contributed by atoms with E-state index >= 15 is 0 Å². The second-order valence-electron chi connectivity index (χ2n) is 6.17. The summed E-state index contributed by atoms with van der Waals surface area (Å²) in [7, 11) is -2.00. The molecule has 0 saturated carbocycles. The highest BCUT2D eigenvalue weighted by atomic mass is 35.5. The quantitative estimate of drug-likeness (QED) is 0.454. The molecule has 132 valence electrons. The summed E-state index contributed by atoms with van der Waals surface area (Å²) < 4.78 is 5.32. The van der Waals surface area contributed by atoms with E-state index in [-0.39, 0.29) is 6.10 Å². The molecule has 3 aromatic rings. The highest BCUT2D eigenvalue weighted by molar-refractivity contribution is 7.95. The molecule has 0 bridgehead atoms. The number of hydrogen-bond donors (Lipinski definition) is 0. The van der Waals surface area contributed by atoms with E-state index in [2.05, 4.69) is 72.8 Å². The van der Waals surface area contributed by atoms with Crippen molar-refractivity contribution in [2.24, 2.45) is 0 Å². The van der Waals surface area contributed by atoms with Crippen LogP contribution in [0.25, 0.3) is 0 Å². The molecule has 0 fully saturated rings. The largest absolute Gasteiger partial charge is 0.447 e. The van der Waals surface area contributed by atoms with Crippen molar-refractivity contribution in [3.63, 3.8) is 0 Å². The lowest BCUT2D eigenvalue weighted by Crippen LogP contribution is -2.37. The van der Waals surface area contributed by atoms with Gasteiger partial charge in [-0.2, -0.15) is 0 Å². The molecule has 0 aliphatic carbocycles. The minimum absolute atomic E-state index is 0.297. The van der Waals surface area contributed by atoms with Gasteiger partial charge in [0.1, 0.15) is 35.4 Å². The van der Waals surface area contributed by atoms with Gasteiger partial charge in [-0.05, 0) is 43.3 Å². The van der Waals surface area contributed by atoms with Gasteiger partial charge in [-0.3, -0.25) is 0 Å². The van der Waals surface area contributed by atoms with Gasteiger partial charge in [0.2, 0.25) is 0 Å². The predicted octanol–water partition coefficient (Wildman–Crippen LogP) is 4.74. The molecule has 26 heavy (non-hydrogen) atoms. The van der Waals surface area contributed by atoms with E-state index in [0.29, 0.717) is 6.16 Å². The first-order valence-electron chi connectivity index (χ1n) is 8.54. The maximum atomic E-state index is 11.3. The van der Waals surface area contributed by atoms with Gasteiger partial charge in [-0.25, -0.2) is 4.79 Å². The fourth-order valence-electron chi connectivity index (χ4n) is 3.39. The molecule has 1 unspecified atom stereocenters. The number of carbonyl (C=O) groups excluding carboxylic acids is 1. The Balaban J connectivity index is 2.23. The minimum Gasteiger partial charge on any atom is -0.447 e. The van der Waals surface area contributed by atoms with Crippen LogP contribution >= 0.6 is 18.9 Å². The summed E-state index contributed by atoms with van der Waals surface area (Å²) in [4.78, 5) is 11.3. The number of benzene rings is 3. The first-order chi connectivity index (χ1) is 12.6. The van der Waals surface area contributed by atoms with Crippen molar-refractivity contribution in [2.75, 3.05) is 6.16 Å². The van der Waals surface area contributed by atoms with Crippen molar-refractivity contribution in [2.45, 2.75) is 13.0 Å². The zero-order valence-electron chi connectivity index (χ0n) is 14.6. The summed E-state index contributed by atoms with van der Waals surface area (Å²) in [6, 6.07) is 31.5. The van der Waals surface area contributed by atoms with Crippen LogP contribution in [-0.2, 0) is 4.74 Å². The monoisotopic (exact) mass is 383 g/mol. The summed E-state index contributed by atoms with van der Waals surface area (Å²) in [5.74, 6) is 0. The van der Waals surface area contributed by atoms with Gasteiger partial charge < -0.3 is 4.74 Å². The Bertz CT molecular complexity index is 741. The summed E-state index contributed by atoms with van der Waals surface area (Å²) in [6.07, 6.45) is 0.401. The predicted molar refractivity (Wildman–Crippen MR) is 112 cm³/mol. The van der Waals surface area contributed by atoms with Crippen LogP contribution in [0.5, 0.6) is 0 Å². The fraction of sp³-hybridized carbons (Fsp3) is 0.136. The number of hydrogen-bond acceptors (Lipinski definition) is 2. The van der Waals surface area contributed by atoms with Gasteiger partial charge in [0.15, 0.2) is 0 Å². The van der Waals surface area contributed by atoms with Gasteiger partial charge >= 0.3 is 5.43 Å². The molecule has 3 rings (SSSR count). The molecule has 0 amide bonds. The van der Waals surface area contributed by atoms with Gasteiger partial charge in [0, 0.05) is 11.6 Å². The van der Waals surface area contributed by atoms with E-state index in [4.69, 9.17) is 16.3 Å². The van der Waals surface area contributed by atoms with Crippen LogP contribution in [0.1, 0.15) is 6.92 Å². The Hall–Kier alpha value is -2.15. The third-order valence-corrected chi connectivity index (χ3v) is 9.11. The van der Waals surface area contributed by atoms with Crippen molar-refractivity contribution in [3.05, 3.63) is 91.0 Å². The first-order valence-corrected chi connectivity index (χ1v) is 10.9. The van der Waals surface area contributed by atoms with Crippen LogP contribution in [0.15, 0.2) is 91.0 Å². The van der Waals surface area contributed by atoms with Crippen molar-refractivity contribution in [1.82, 2.24) is 0 Å². The zero-order chi connectivity index (χ0) is 18.4. The molecule has 0 aliphatic rings. The fourth-order valence-corrected chi connectivity index (χ4v) is 7.96. The second kappa shape index (κ2) is 8.49. The number of rotatable bonds is 6. The van der Waals surface area contributed by atoms with Crippen LogP contribution in [0.2, 0.25) is 0 Å². The molecule has 0 heterocycles. The van der Waals surface area contributed by atoms with E-state index in [1.807, 2.05) is 25.1 Å². The summed E-state index contributed by atoms with van der Waals surface area (Å²) in [5, 5.41) is 3.78. The topological polar surface area (TPSA) is 26.3 Å². The third-order valence-electron chi connectivity index (χ3n) is 4.42. The molecule has 0 N–H and O–H groups in total. The number of ether oxygens (including phenoxy) is 1. The first kappa shape index (κ1) is 18.6. The molecule has 3 aromatic carbocycles. The minimum atomic E-state index is -2.00. The molecule has 1 atom stereocenters. The van der Waals surface area contributed by atoms with E-state index in [1.165, 1.54) is 15.9 Å². The van der Waals surface area contributed by atoms with Crippen molar-refractivity contribution >= 4 is 40.2 Å². The van der Waals surface area contributed by atoms with Crippen LogP contribution in [0, 0.1) is 0 Å². The lowest BCUT2D eigenvalue weighted by atomic mass is 10.3. The van der Waals surface area contributed by atoms with Crippen LogP contribution in [0.4, 0.5) is 4.79 Å². The van der Waals surface area contributed by atoms with E-state index in [1.54, 1.807) is 0 Å². The van der Waals surface area contributed by atoms with Gasteiger partial charge in [0.25, 0.3) is 0 Å². The SMILES string of the molecule is CC(C[P+](c1ccccc1)(c1ccccc1)c1ccccc1)OC(=O)Cl. The molecular weight excluding hydrogens is 363 g/mol. The standard InChI is InChI=1S/C22H21ClO2P/c1-18(25-22(23)24)17-26(19-11-5-2-6-12-19,20-13-7-3-8-14-20)21-15-9-4-10-16-21/h2-16,18H,17H2,1H3/q+1. The Morgan fingerprint density at radius 1 is 0.808 bits per heavy atom. The van der Waals surface area contributed by atoms with Crippen LogP contribution in [0.3, 0.4) is 0 Å². The molecule has 0 saturated heterocycles. The second-order valence-corrected chi connectivity index (χ2v) is 10.0. The Kier molecular flexibility index (Phi) is 6.08. The van der Waals surface area contributed by atoms with Crippen molar-refractivity contribution < 1.29 is 9.53 Å². The average molecular weight is 384 g/mol. The molecule has 0 radical (unpaired) electrons. The third kappa shape index (κ3) is 3.98. The molecule has 2 nitrogen and oxygen atoms in total. The van der Waals surface area contributed by atoms with Crippen molar-refractivity contribution in [1.29, 1.82) is 0 Å². The molecule has 0 aromatic heterocycles. The molecule has 0 aliphatic heterocycles. The normalized spacial score (nSPS) is 12.4. The van der Waals surface area contributed by atoms with Crippen LogP contribution in [-0.4, -0.2) is 17.7 Å². The lowest BCUT2D eigenvalue weighted by molar-refractivity contribution is 0.143. The summed E-state index contributed by atoms with van der Waals surface area (Å²) >= 11 is 5.49. The van der Waals surface area contributed by atoms with E-state index in [9.17, 15) is 4.79 Å². The maximum Gasteiger partial charge on any atom is 0.404 e. The van der Waals surface area contributed by atoms with Gasteiger partial charge in [-0.15, -0.1) is 0 Å². The molecule has 0 spiro atoms. The van der Waals surface area contributed by atoms with Crippen molar-refractivity contribution in [3.8, 4) is 0 Å². The Labute approximate surface area is 160 Å². The van der Waals surface area contributed by atoms with Crippen LogP contribution < -0.4 is 15.9 Å². The maximum absolute atomic E-state index is 11.3. The number of halogens is 1. The molecular formula is C22H21ClO2P+. The van der Waals surface area contributed by atoms with Gasteiger partial charge in [0.05, 0.1) is 0 Å². The highest BCUT2D eigenvalue weighted by Gasteiger charge is 2.47. The van der Waals surface area contributed by atoms with Gasteiger partial charge in [-0.1, -0.05) is 54.6 Å². The Morgan fingerprint density at radius 3 is 1.46 bits per heavy atom. The lowest BCUT2D eigenvalue weighted by Gasteiger charge is -2.29. The van der Waals surface area contributed by atoms with E-state index in [0.717, 1.165) is 0 Å². The smallest absolute Gasteiger partial charge is 0.404 e. The highest BCUT2D eigenvalue weighted by Crippen LogP contribution is 2.55. The summed E-state index contributed by atoms with van der Waals surface area (Å²) in [6.45, 7) is 1.91. The average Bonchev–Trinajstić information content (AvgIpc) is 2.67. The number of carbonyl (C=O) groups is 1. The zero-order valence-corrected chi connectivity index (χ0v) is 16.2.